The predicted octanol–water partition coefficient (Wildman–Crippen LogP) is 2.58. The Morgan fingerprint density at radius 2 is 1.86 bits per heavy atom. The van der Waals surface area contributed by atoms with Crippen LogP contribution in [0, 0.1) is 12.8 Å². The molecule has 0 bridgehead atoms. The fraction of sp³-hybridized carbons (Fsp3) is 0.529. The summed E-state index contributed by atoms with van der Waals surface area (Å²) in [6.45, 7) is 4.09. The predicted molar refractivity (Wildman–Crippen MR) is 83.3 cm³/mol. The third kappa shape index (κ3) is 4.31. The summed E-state index contributed by atoms with van der Waals surface area (Å²) < 4.78 is 5.34. The third-order valence-corrected chi connectivity index (χ3v) is 4.13. The number of hydrogen-bond acceptors (Lipinski definition) is 3. The molecule has 0 unspecified atom stereocenters. The molecule has 1 aromatic carbocycles. The lowest BCUT2D eigenvalue weighted by Crippen LogP contribution is -2.30. The molecule has 1 aliphatic heterocycles. The first kappa shape index (κ1) is 16.5. The summed E-state index contributed by atoms with van der Waals surface area (Å²) in [6, 6.07) is 4.75. The van der Waals surface area contributed by atoms with E-state index in [1.165, 1.54) is 6.07 Å². The number of rotatable bonds is 5. The van der Waals surface area contributed by atoms with Crippen molar-refractivity contribution in [3.05, 3.63) is 34.9 Å². The normalized spacial score (nSPS) is 15.5. The molecule has 0 saturated carbocycles. The topological polar surface area (TPSA) is 66.8 Å². The number of aromatic carboxylic acids is 1. The molecule has 120 valence electrons. The zero-order chi connectivity index (χ0) is 16.1. The molecule has 5 heteroatoms. The largest absolute Gasteiger partial charge is 0.478 e. The van der Waals surface area contributed by atoms with Gasteiger partial charge in [-0.2, -0.15) is 0 Å². The highest BCUT2D eigenvalue weighted by atomic mass is 16.5. The van der Waals surface area contributed by atoms with E-state index in [0.29, 0.717) is 18.0 Å². The minimum Gasteiger partial charge on any atom is -0.478 e. The van der Waals surface area contributed by atoms with Gasteiger partial charge in [-0.25, -0.2) is 4.79 Å². The van der Waals surface area contributed by atoms with E-state index in [4.69, 9.17) is 9.84 Å². The minimum atomic E-state index is -1.01. The van der Waals surface area contributed by atoms with Crippen LogP contribution >= 0.6 is 0 Å². The van der Waals surface area contributed by atoms with Crippen LogP contribution in [0.5, 0.6) is 0 Å². The van der Waals surface area contributed by atoms with Crippen molar-refractivity contribution in [1.29, 1.82) is 0 Å². The molecule has 22 heavy (non-hydrogen) atoms. The molecule has 0 spiro atoms. The molecule has 0 aromatic heterocycles. The van der Waals surface area contributed by atoms with Gasteiger partial charge in [0.25, 0.3) is 5.91 Å². The van der Waals surface area contributed by atoms with E-state index >= 15 is 0 Å². The van der Waals surface area contributed by atoms with Crippen LogP contribution in [0.4, 0.5) is 0 Å². The third-order valence-electron chi connectivity index (χ3n) is 4.13. The number of aryl methyl sites for hydroxylation is 1. The molecule has 2 rings (SSSR count). The number of ether oxygens (including phenoxy) is 1. The van der Waals surface area contributed by atoms with Gasteiger partial charge in [0.2, 0.25) is 0 Å². The fourth-order valence-corrected chi connectivity index (χ4v) is 2.76. The second-order valence-electron chi connectivity index (χ2n) is 5.96. The van der Waals surface area contributed by atoms with E-state index in [-0.39, 0.29) is 11.5 Å². The SMILES string of the molecule is Cc1cc(C(=O)O)cc(C(=O)N(C)CCC2CCOCC2)c1. The number of carboxylic acids is 1. The standard InChI is InChI=1S/C17H23NO4/c1-12-9-14(11-15(10-12)17(20)21)16(19)18(2)6-3-13-4-7-22-8-5-13/h9-11,13H,3-8H2,1-2H3,(H,20,21). The highest BCUT2D eigenvalue weighted by Crippen LogP contribution is 2.19. The Morgan fingerprint density at radius 1 is 1.23 bits per heavy atom. The van der Waals surface area contributed by atoms with Crippen molar-refractivity contribution in [2.24, 2.45) is 5.92 Å². The van der Waals surface area contributed by atoms with Gasteiger partial charge in [0.15, 0.2) is 0 Å². The number of nitrogens with zero attached hydrogens (tertiary/aromatic N) is 1. The summed E-state index contributed by atoms with van der Waals surface area (Å²) in [6.07, 6.45) is 3.06. The minimum absolute atomic E-state index is 0.127. The monoisotopic (exact) mass is 305 g/mol. The summed E-state index contributed by atoms with van der Waals surface area (Å²) in [7, 11) is 1.77. The van der Waals surface area contributed by atoms with Crippen molar-refractivity contribution >= 4 is 11.9 Å². The summed E-state index contributed by atoms with van der Waals surface area (Å²) in [5.74, 6) is -0.531. The molecule has 1 amide bonds. The molecule has 1 fully saturated rings. The molecular weight excluding hydrogens is 282 g/mol. The summed E-state index contributed by atoms with van der Waals surface area (Å²) >= 11 is 0. The number of carboxylic acid groups (broad SMARTS) is 1. The van der Waals surface area contributed by atoms with E-state index in [1.807, 2.05) is 0 Å². The Kier molecular flexibility index (Phi) is 5.55. The number of carbonyl (C=O) groups excluding carboxylic acids is 1. The van der Waals surface area contributed by atoms with Crippen LogP contribution in [-0.2, 0) is 4.74 Å². The summed E-state index contributed by atoms with van der Waals surface area (Å²) in [5, 5.41) is 9.09. The molecule has 1 saturated heterocycles. The molecule has 5 nitrogen and oxygen atoms in total. The van der Waals surface area contributed by atoms with Gasteiger partial charge < -0.3 is 14.7 Å². The molecule has 0 atom stereocenters. The Morgan fingerprint density at radius 3 is 2.50 bits per heavy atom. The molecule has 0 radical (unpaired) electrons. The second kappa shape index (κ2) is 7.40. The van der Waals surface area contributed by atoms with E-state index in [1.54, 1.807) is 31.0 Å². The van der Waals surface area contributed by atoms with E-state index in [9.17, 15) is 9.59 Å². The summed E-state index contributed by atoms with van der Waals surface area (Å²) in [4.78, 5) is 25.2. The van der Waals surface area contributed by atoms with Gasteiger partial charge in [-0.1, -0.05) is 0 Å². The molecule has 1 aliphatic rings. The Labute approximate surface area is 130 Å². The Bertz CT molecular complexity index is 550. The highest BCUT2D eigenvalue weighted by Gasteiger charge is 2.18. The number of hydrogen-bond donors (Lipinski definition) is 1. The maximum absolute atomic E-state index is 12.5. The average molecular weight is 305 g/mol. The zero-order valence-corrected chi connectivity index (χ0v) is 13.2. The number of amides is 1. The first-order valence-corrected chi connectivity index (χ1v) is 7.65. The lowest BCUT2D eigenvalue weighted by atomic mass is 9.96. The zero-order valence-electron chi connectivity index (χ0n) is 13.2. The van der Waals surface area contributed by atoms with Crippen molar-refractivity contribution < 1.29 is 19.4 Å². The van der Waals surface area contributed by atoms with E-state index in [2.05, 4.69) is 0 Å². The average Bonchev–Trinajstić information content (AvgIpc) is 2.52. The van der Waals surface area contributed by atoms with Crippen LogP contribution in [0.15, 0.2) is 18.2 Å². The van der Waals surface area contributed by atoms with Crippen molar-refractivity contribution in [1.82, 2.24) is 4.90 Å². The Hall–Kier alpha value is -1.88. The van der Waals surface area contributed by atoms with Gasteiger partial charge in [-0.3, -0.25) is 4.79 Å². The van der Waals surface area contributed by atoms with Gasteiger partial charge >= 0.3 is 5.97 Å². The summed E-state index contributed by atoms with van der Waals surface area (Å²) in [5.41, 5.74) is 1.37. The molecule has 0 aliphatic carbocycles. The van der Waals surface area contributed by atoms with Crippen molar-refractivity contribution in [3.63, 3.8) is 0 Å². The quantitative estimate of drug-likeness (QED) is 0.908. The van der Waals surface area contributed by atoms with Crippen molar-refractivity contribution in [3.8, 4) is 0 Å². The lowest BCUT2D eigenvalue weighted by Gasteiger charge is -2.25. The molecule has 1 aromatic rings. The number of benzene rings is 1. The van der Waals surface area contributed by atoms with Gasteiger partial charge in [-0.05, 0) is 55.9 Å². The van der Waals surface area contributed by atoms with Crippen LogP contribution in [0.25, 0.3) is 0 Å². The van der Waals surface area contributed by atoms with Crippen LogP contribution in [0.1, 0.15) is 45.5 Å². The van der Waals surface area contributed by atoms with Gasteiger partial charge in [0.1, 0.15) is 0 Å². The van der Waals surface area contributed by atoms with Gasteiger partial charge in [0, 0.05) is 32.4 Å². The van der Waals surface area contributed by atoms with E-state index < -0.39 is 5.97 Å². The first-order chi connectivity index (χ1) is 10.5. The van der Waals surface area contributed by atoms with Crippen LogP contribution < -0.4 is 0 Å². The maximum Gasteiger partial charge on any atom is 0.335 e. The molecular formula is C17H23NO4. The first-order valence-electron chi connectivity index (χ1n) is 7.65. The van der Waals surface area contributed by atoms with Crippen LogP contribution in [-0.4, -0.2) is 48.7 Å². The maximum atomic E-state index is 12.5. The van der Waals surface area contributed by atoms with Crippen molar-refractivity contribution in [2.75, 3.05) is 26.8 Å². The Balaban J connectivity index is 1.99. The van der Waals surface area contributed by atoms with Gasteiger partial charge in [0.05, 0.1) is 5.56 Å². The molecule has 1 N–H and O–H groups in total. The van der Waals surface area contributed by atoms with Crippen molar-refractivity contribution in [2.45, 2.75) is 26.2 Å². The fourth-order valence-electron chi connectivity index (χ4n) is 2.76. The number of carbonyl (C=O) groups is 2. The van der Waals surface area contributed by atoms with Crippen LogP contribution in [0.3, 0.4) is 0 Å². The smallest absolute Gasteiger partial charge is 0.335 e. The van der Waals surface area contributed by atoms with Crippen LogP contribution in [0.2, 0.25) is 0 Å². The van der Waals surface area contributed by atoms with E-state index in [0.717, 1.165) is 38.0 Å². The highest BCUT2D eigenvalue weighted by molar-refractivity contribution is 5.97. The lowest BCUT2D eigenvalue weighted by molar-refractivity contribution is 0.0583. The second-order valence-corrected chi connectivity index (χ2v) is 5.96. The molecule has 1 heterocycles. The van der Waals surface area contributed by atoms with Gasteiger partial charge in [-0.15, -0.1) is 0 Å².